The van der Waals surface area contributed by atoms with Crippen LogP contribution < -0.4 is 0 Å². The van der Waals surface area contributed by atoms with E-state index in [2.05, 4.69) is 6.58 Å². The Bertz CT molecular complexity index is 392. The zero-order chi connectivity index (χ0) is 14.3. The van der Waals surface area contributed by atoms with Gasteiger partial charge in [0.2, 0.25) is 10.0 Å². The molecule has 0 bridgehead atoms. The molecule has 0 spiro atoms. The van der Waals surface area contributed by atoms with Gasteiger partial charge in [0, 0.05) is 32.3 Å². The predicted octanol–water partition coefficient (Wildman–Crippen LogP) is -0.0711. The Kier molecular flexibility index (Phi) is 7.12. The van der Waals surface area contributed by atoms with Crippen LogP contribution in [0.3, 0.4) is 0 Å². The smallest absolute Gasteiger partial charge is 0.333 e. The summed E-state index contributed by atoms with van der Waals surface area (Å²) >= 11 is 0. The van der Waals surface area contributed by atoms with Gasteiger partial charge in [-0.15, -0.1) is 0 Å². The lowest BCUT2D eigenvalue weighted by atomic mass is 10.4. The molecule has 0 aromatic heterocycles. The lowest BCUT2D eigenvalue weighted by molar-refractivity contribution is -0.139. The number of likely N-dealkylation sites (N-methyl/N-ethyl adjacent to an activating group) is 2. The fourth-order valence-electron chi connectivity index (χ4n) is 1.01. The minimum atomic E-state index is -3.13. The van der Waals surface area contributed by atoms with E-state index in [0.717, 1.165) is 0 Å². The van der Waals surface area contributed by atoms with Crippen LogP contribution in [-0.2, 0) is 19.6 Å². The molecule has 18 heavy (non-hydrogen) atoms. The van der Waals surface area contributed by atoms with E-state index in [-0.39, 0.29) is 6.61 Å². The van der Waals surface area contributed by atoms with E-state index in [1.165, 1.54) is 17.6 Å². The monoisotopic (exact) mass is 278 g/mol. The largest absolute Gasteiger partial charge is 0.461 e. The Balaban J connectivity index is 3.83. The van der Waals surface area contributed by atoms with Gasteiger partial charge in [-0.3, -0.25) is 0 Å². The van der Waals surface area contributed by atoms with Crippen LogP contribution in [0.4, 0.5) is 0 Å². The number of hydrogen-bond acceptors (Lipinski definition) is 5. The molecule has 0 atom stereocenters. The second-order valence-electron chi connectivity index (χ2n) is 4.30. The highest BCUT2D eigenvalue weighted by Crippen LogP contribution is 1.95. The lowest BCUT2D eigenvalue weighted by Gasteiger charge is -2.20. The molecule has 7 heteroatoms. The summed E-state index contributed by atoms with van der Waals surface area (Å²) in [5.74, 6) is -0.406. The summed E-state index contributed by atoms with van der Waals surface area (Å²) < 4.78 is 28.5. The number of hydrogen-bond donors (Lipinski definition) is 0. The Hall–Kier alpha value is -0.920. The van der Waals surface area contributed by atoms with Crippen molar-refractivity contribution in [3.05, 3.63) is 12.2 Å². The fourth-order valence-corrected chi connectivity index (χ4v) is 1.42. The molecule has 0 aromatic rings. The van der Waals surface area contributed by atoms with E-state index in [4.69, 9.17) is 4.74 Å². The quantitative estimate of drug-likeness (QED) is 0.459. The van der Waals surface area contributed by atoms with Crippen molar-refractivity contribution in [1.82, 2.24) is 9.21 Å². The van der Waals surface area contributed by atoms with E-state index < -0.39 is 16.0 Å². The van der Waals surface area contributed by atoms with Crippen LogP contribution in [-0.4, -0.2) is 70.2 Å². The van der Waals surface area contributed by atoms with Gasteiger partial charge in [0.15, 0.2) is 0 Å². The van der Waals surface area contributed by atoms with E-state index >= 15 is 0 Å². The van der Waals surface area contributed by atoms with Crippen LogP contribution in [0.1, 0.15) is 6.92 Å². The van der Waals surface area contributed by atoms with Crippen LogP contribution in [0.2, 0.25) is 0 Å². The fraction of sp³-hybridized carbons (Fsp3) is 0.727. The topological polar surface area (TPSA) is 66.9 Å². The first-order chi connectivity index (χ1) is 8.14. The zero-order valence-corrected chi connectivity index (χ0v) is 12.3. The van der Waals surface area contributed by atoms with Crippen LogP contribution >= 0.6 is 0 Å². The molecule has 0 unspecified atom stereocenters. The first kappa shape index (κ1) is 17.1. The van der Waals surface area contributed by atoms with Gasteiger partial charge >= 0.3 is 5.97 Å². The van der Waals surface area contributed by atoms with Crippen LogP contribution in [0.5, 0.6) is 0 Å². The molecule has 0 heterocycles. The normalized spacial score (nSPS) is 11.9. The van der Waals surface area contributed by atoms with Crippen molar-refractivity contribution >= 4 is 16.0 Å². The van der Waals surface area contributed by atoms with Crippen molar-refractivity contribution in [2.24, 2.45) is 0 Å². The van der Waals surface area contributed by atoms with E-state index in [0.29, 0.717) is 25.2 Å². The Morgan fingerprint density at radius 3 is 2.22 bits per heavy atom. The molecule has 0 N–H and O–H groups in total. The average Bonchev–Trinajstić information content (AvgIpc) is 2.24. The molecule has 0 aliphatic rings. The molecule has 0 radical (unpaired) electrons. The van der Waals surface area contributed by atoms with Gasteiger partial charge in [0.1, 0.15) is 6.61 Å². The molecule has 0 aliphatic heterocycles. The Labute approximate surface area is 109 Å². The van der Waals surface area contributed by atoms with Crippen molar-refractivity contribution < 1.29 is 17.9 Å². The SMILES string of the molecule is C=C(C)C(=O)OCCN(C)CCN(C)S(C)(=O)=O. The molecule has 0 amide bonds. The highest BCUT2D eigenvalue weighted by atomic mass is 32.2. The van der Waals surface area contributed by atoms with Gasteiger partial charge in [-0.2, -0.15) is 0 Å². The summed E-state index contributed by atoms with van der Waals surface area (Å²) in [6.45, 7) is 6.87. The highest BCUT2D eigenvalue weighted by Gasteiger charge is 2.11. The molecular weight excluding hydrogens is 256 g/mol. The number of carbonyl (C=O) groups is 1. The number of ether oxygens (including phenoxy) is 1. The predicted molar refractivity (Wildman–Crippen MR) is 70.7 cm³/mol. The molecule has 0 aliphatic carbocycles. The minimum Gasteiger partial charge on any atom is -0.461 e. The van der Waals surface area contributed by atoms with Crippen LogP contribution in [0.15, 0.2) is 12.2 Å². The molecule has 0 saturated heterocycles. The molecular formula is C11H22N2O4S. The minimum absolute atomic E-state index is 0.269. The van der Waals surface area contributed by atoms with Crippen LogP contribution in [0.25, 0.3) is 0 Å². The maximum atomic E-state index is 11.2. The van der Waals surface area contributed by atoms with Gasteiger partial charge in [0.05, 0.1) is 6.26 Å². The van der Waals surface area contributed by atoms with Gasteiger partial charge in [-0.1, -0.05) is 6.58 Å². The summed E-state index contributed by atoms with van der Waals surface area (Å²) in [6, 6.07) is 0. The maximum Gasteiger partial charge on any atom is 0.333 e. The molecule has 0 saturated carbocycles. The number of rotatable bonds is 8. The third kappa shape index (κ3) is 7.41. The number of carbonyl (C=O) groups excluding carboxylic acids is 1. The average molecular weight is 278 g/mol. The lowest BCUT2D eigenvalue weighted by Crippen LogP contribution is -2.35. The first-order valence-electron chi connectivity index (χ1n) is 5.57. The number of sulfonamides is 1. The van der Waals surface area contributed by atoms with Crippen molar-refractivity contribution in [3.8, 4) is 0 Å². The zero-order valence-electron chi connectivity index (χ0n) is 11.5. The summed E-state index contributed by atoms with van der Waals surface area (Å²) in [6.07, 6.45) is 1.17. The second kappa shape index (κ2) is 7.50. The number of esters is 1. The van der Waals surface area contributed by atoms with Gasteiger partial charge in [-0.25, -0.2) is 17.5 Å². The van der Waals surface area contributed by atoms with Gasteiger partial charge in [-0.05, 0) is 14.0 Å². The van der Waals surface area contributed by atoms with Crippen molar-refractivity contribution in [2.75, 3.05) is 46.6 Å². The molecule has 106 valence electrons. The second-order valence-corrected chi connectivity index (χ2v) is 6.39. The summed E-state index contributed by atoms with van der Waals surface area (Å²) in [5.41, 5.74) is 0.370. The number of nitrogens with zero attached hydrogens (tertiary/aromatic N) is 2. The molecule has 0 fully saturated rings. The van der Waals surface area contributed by atoms with Crippen LogP contribution in [0, 0.1) is 0 Å². The molecule has 0 aromatic carbocycles. The molecule has 0 rings (SSSR count). The first-order valence-corrected chi connectivity index (χ1v) is 7.42. The van der Waals surface area contributed by atoms with E-state index in [9.17, 15) is 13.2 Å². The van der Waals surface area contributed by atoms with Crippen molar-refractivity contribution in [3.63, 3.8) is 0 Å². The van der Waals surface area contributed by atoms with E-state index in [1.807, 2.05) is 11.9 Å². The maximum absolute atomic E-state index is 11.2. The third-order valence-electron chi connectivity index (χ3n) is 2.42. The van der Waals surface area contributed by atoms with Crippen molar-refractivity contribution in [1.29, 1.82) is 0 Å². The van der Waals surface area contributed by atoms with E-state index in [1.54, 1.807) is 6.92 Å². The van der Waals surface area contributed by atoms with Gasteiger partial charge in [0.25, 0.3) is 0 Å². The van der Waals surface area contributed by atoms with Gasteiger partial charge < -0.3 is 9.64 Å². The summed E-state index contributed by atoms with van der Waals surface area (Å²) in [7, 11) is 0.236. The van der Waals surface area contributed by atoms with Crippen molar-refractivity contribution in [2.45, 2.75) is 6.92 Å². The third-order valence-corrected chi connectivity index (χ3v) is 3.73. The standard InChI is InChI=1S/C11H22N2O4S/c1-10(2)11(14)17-9-8-12(3)6-7-13(4)18(5,15)16/h1,6-9H2,2-5H3. The Morgan fingerprint density at radius 1 is 1.22 bits per heavy atom. The summed E-state index contributed by atoms with van der Waals surface area (Å²) in [4.78, 5) is 13.0. The Morgan fingerprint density at radius 2 is 1.78 bits per heavy atom. The summed E-state index contributed by atoms with van der Waals surface area (Å²) in [5, 5.41) is 0. The molecule has 6 nitrogen and oxygen atoms in total. The highest BCUT2D eigenvalue weighted by molar-refractivity contribution is 7.88.